The molecular weight excluding hydrogens is 308 g/mol. The number of aryl methyl sites for hydroxylation is 2. The molecule has 0 bridgehead atoms. The standard InChI is InChI=1S/C20H25ClO2/c1-3-18-14-19(23-15-17-9-5-4-6-10-17)13-16(2)20(18)22-12-8-7-11-21/h4-6,9-10,13-14H,3,7-8,11-12,15H2,1-2H3. The van der Waals surface area contributed by atoms with Gasteiger partial charge in [0.05, 0.1) is 6.61 Å². The first-order valence-electron chi connectivity index (χ1n) is 8.23. The summed E-state index contributed by atoms with van der Waals surface area (Å²) in [6.07, 6.45) is 2.90. The molecule has 0 heterocycles. The molecule has 0 aliphatic carbocycles. The van der Waals surface area contributed by atoms with Gasteiger partial charge < -0.3 is 9.47 Å². The molecule has 124 valence electrons. The van der Waals surface area contributed by atoms with Gasteiger partial charge >= 0.3 is 0 Å². The lowest BCUT2D eigenvalue weighted by atomic mass is 10.1. The lowest BCUT2D eigenvalue weighted by molar-refractivity contribution is 0.295. The van der Waals surface area contributed by atoms with Crippen LogP contribution >= 0.6 is 11.6 Å². The fourth-order valence-corrected chi connectivity index (χ4v) is 2.66. The van der Waals surface area contributed by atoms with E-state index in [0.717, 1.165) is 36.3 Å². The lowest BCUT2D eigenvalue weighted by Gasteiger charge is -2.16. The molecule has 0 atom stereocenters. The normalized spacial score (nSPS) is 10.6. The van der Waals surface area contributed by atoms with Crippen LogP contribution in [0.1, 0.15) is 36.5 Å². The molecule has 0 aromatic heterocycles. The molecule has 0 unspecified atom stereocenters. The molecule has 23 heavy (non-hydrogen) atoms. The van der Waals surface area contributed by atoms with Gasteiger partial charge in [0.25, 0.3) is 0 Å². The Kier molecular flexibility index (Phi) is 7.28. The smallest absolute Gasteiger partial charge is 0.125 e. The van der Waals surface area contributed by atoms with E-state index in [-0.39, 0.29) is 0 Å². The van der Waals surface area contributed by atoms with Crippen LogP contribution in [0.15, 0.2) is 42.5 Å². The molecule has 2 rings (SSSR count). The first-order chi connectivity index (χ1) is 11.2. The first kappa shape index (κ1) is 17.7. The Labute approximate surface area is 144 Å². The number of unbranched alkanes of at least 4 members (excludes halogenated alkanes) is 1. The van der Waals surface area contributed by atoms with Crippen molar-refractivity contribution in [3.63, 3.8) is 0 Å². The quantitative estimate of drug-likeness (QED) is 0.443. The molecule has 0 amide bonds. The summed E-state index contributed by atoms with van der Waals surface area (Å²) in [4.78, 5) is 0. The third-order valence-corrected chi connectivity index (χ3v) is 4.00. The average molecular weight is 333 g/mol. The number of hydrogen-bond acceptors (Lipinski definition) is 2. The van der Waals surface area contributed by atoms with Crippen LogP contribution in [0.4, 0.5) is 0 Å². The van der Waals surface area contributed by atoms with Crippen LogP contribution in [0.3, 0.4) is 0 Å². The third-order valence-electron chi connectivity index (χ3n) is 3.73. The molecule has 0 radical (unpaired) electrons. The summed E-state index contributed by atoms with van der Waals surface area (Å²) in [5.74, 6) is 2.58. The van der Waals surface area contributed by atoms with Crippen LogP contribution in [0.2, 0.25) is 0 Å². The van der Waals surface area contributed by atoms with E-state index in [1.54, 1.807) is 0 Å². The summed E-state index contributed by atoms with van der Waals surface area (Å²) in [5.41, 5.74) is 3.49. The molecule has 0 aliphatic rings. The Hall–Kier alpha value is -1.67. The summed E-state index contributed by atoms with van der Waals surface area (Å²) < 4.78 is 11.9. The van der Waals surface area contributed by atoms with Crippen LogP contribution < -0.4 is 9.47 Å². The minimum Gasteiger partial charge on any atom is -0.493 e. The largest absolute Gasteiger partial charge is 0.493 e. The van der Waals surface area contributed by atoms with Crippen LogP contribution in [0.25, 0.3) is 0 Å². The number of benzene rings is 2. The number of halogens is 1. The number of alkyl halides is 1. The van der Waals surface area contributed by atoms with E-state index < -0.39 is 0 Å². The van der Waals surface area contributed by atoms with E-state index >= 15 is 0 Å². The Morgan fingerprint density at radius 3 is 2.48 bits per heavy atom. The van der Waals surface area contributed by atoms with Gasteiger partial charge in [-0.3, -0.25) is 0 Å². The van der Waals surface area contributed by atoms with E-state index in [9.17, 15) is 0 Å². The van der Waals surface area contributed by atoms with Crippen molar-refractivity contribution in [2.24, 2.45) is 0 Å². The molecule has 0 aliphatic heterocycles. The molecule has 2 nitrogen and oxygen atoms in total. The van der Waals surface area contributed by atoms with Gasteiger partial charge in [0.15, 0.2) is 0 Å². The second-order valence-corrected chi connectivity index (χ2v) is 5.98. The van der Waals surface area contributed by atoms with E-state index in [1.165, 1.54) is 11.1 Å². The monoisotopic (exact) mass is 332 g/mol. The van der Waals surface area contributed by atoms with Crippen molar-refractivity contribution in [2.45, 2.75) is 39.7 Å². The first-order valence-corrected chi connectivity index (χ1v) is 8.77. The average Bonchev–Trinajstić information content (AvgIpc) is 2.58. The number of hydrogen-bond donors (Lipinski definition) is 0. The zero-order valence-corrected chi connectivity index (χ0v) is 14.7. The number of rotatable bonds is 9. The molecule has 3 heteroatoms. The van der Waals surface area contributed by atoms with Gasteiger partial charge in [-0.05, 0) is 55.0 Å². The molecule has 0 N–H and O–H groups in total. The third kappa shape index (κ3) is 5.47. The van der Waals surface area contributed by atoms with Crippen molar-refractivity contribution in [3.8, 4) is 11.5 Å². The zero-order valence-electron chi connectivity index (χ0n) is 14.0. The highest BCUT2D eigenvalue weighted by Crippen LogP contribution is 2.30. The van der Waals surface area contributed by atoms with Gasteiger partial charge in [0.2, 0.25) is 0 Å². The maximum atomic E-state index is 5.96. The molecule has 0 spiro atoms. The maximum Gasteiger partial charge on any atom is 0.125 e. The minimum atomic E-state index is 0.583. The van der Waals surface area contributed by atoms with Crippen LogP contribution in [0, 0.1) is 6.92 Å². The lowest BCUT2D eigenvalue weighted by Crippen LogP contribution is -2.03. The summed E-state index contributed by atoms with van der Waals surface area (Å²) in [5, 5.41) is 0. The topological polar surface area (TPSA) is 18.5 Å². The molecule has 2 aromatic carbocycles. The van der Waals surface area contributed by atoms with E-state index in [4.69, 9.17) is 21.1 Å². The SMILES string of the molecule is CCc1cc(OCc2ccccc2)cc(C)c1OCCCCCl. The van der Waals surface area contributed by atoms with Crippen LogP contribution in [0.5, 0.6) is 11.5 Å². The summed E-state index contributed by atoms with van der Waals surface area (Å²) in [6.45, 7) is 5.51. The van der Waals surface area contributed by atoms with Crippen LogP contribution in [-0.2, 0) is 13.0 Å². The fraction of sp³-hybridized carbons (Fsp3) is 0.400. The van der Waals surface area contributed by atoms with Gasteiger partial charge in [-0.15, -0.1) is 11.6 Å². The van der Waals surface area contributed by atoms with Gasteiger partial charge in [-0.1, -0.05) is 37.3 Å². The Morgan fingerprint density at radius 2 is 1.78 bits per heavy atom. The highest BCUT2D eigenvalue weighted by Gasteiger charge is 2.09. The summed E-state index contributed by atoms with van der Waals surface area (Å²) >= 11 is 5.71. The number of ether oxygens (including phenoxy) is 2. The Balaban J connectivity index is 2.03. The van der Waals surface area contributed by atoms with E-state index in [1.807, 2.05) is 18.2 Å². The summed E-state index contributed by atoms with van der Waals surface area (Å²) in [6, 6.07) is 14.4. The van der Waals surface area contributed by atoms with Crippen molar-refractivity contribution in [1.29, 1.82) is 0 Å². The minimum absolute atomic E-state index is 0.583. The van der Waals surface area contributed by atoms with Crippen molar-refractivity contribution in [2.75, 3.05) is 12.5 Å². The van der Waals surface area contributed by atoms with Gasteiger partial charge in [-0.25, -0.2) is 0 Å². The highest BCUT2D eigenvalue weighted by atomic mass is 35.5. The van der Waals surface area contributed by atoms with Crippen molar-refractivity contribution in [1.82, 2.24) is 0 Å². The molecule has 2 aromatic rings. The van der Waals surface area contributed by atoms with Gasteiger partial charge in [0, 0.05) is 5.88 Å². The maximum absolute atomic E-state index is 5.96. The summed E-state index contributed by atoms with van der Waals surface area (Å²) in [7, 11) is 0. The Bertz CT molecular complexity index is 596. The predicted octanol–water partition coefficient (Wildman–Crippen LogP) is 5.53. The zero-order chi connectivity index (χ0) is 16.5. The molecule has 0 saturated carbocycles. The Morgan fingerprint density at radius 1 is 1.00 bits per heavy atom. The van der Waals surface area contributed by atoms with Gasteiger partial charge in [0.1, 0.15) is 18.1 Å². The highest BCUT2D eigenvalue weighted by molar-refractivity contribution is 6.17. The van der Waals surface area contributed by atoms with Gasteiger partial charge in [-0.2, -0.15) is 0 Å². The predicted molar refractivity (Wildman–Crippen MR) is 96.8 cm³/mol. The second-order valence-electron chi connectivity index (χ2n) is 5.60. The molecular formula is C20H25ClO2. The molecule has 0 fully saturated rings. The van der Waals surface area contributed by atoms with Crippen LogP contribution in [-0.4, -0.2) is 12.5 Å². The molecule has 0 saturated heterocycles. The second kappa shape index (κ2) is 9.46. The fourth-order valence-electron chi connectivity index (χ4n) is 2.48. The van der Waals surface area contributed by atoms with Crippen molar-refractivity contribution >= 4 is 11.6 Å². The van der Waals surface area contributed by atoms with Crippen molar-refractivity contribution in [3.05, 3.63) is 59.2 Å². The van der Waals surface area contributed by atoms with E-state index in [2.05, 4.69) is 38.1 Å². The van der Waals surface area contributed by atoms with Crippen molar-refractivity contribution < 1.29 is 9.47 Å². The van der Waals surface area contributed by atoms with E-state index in [0.29, 0.717) is 19.1 Å².